The third-order valence-corrected chi connectivity index (χ3v) is 18.7. The quantitative estimate of drug-likeness (QED) is 0.151. The first-order chi connectivity index (χ1) is 37.9. The standard InChI is InChI=1S/C74H56F6/c1-69(2)61-15-10-9-14-53(61)54-23-17-44(34-62(54)69)45-18-25-57-58-27-21-48(38-66(58)71(5,6)65(57)35-45)49-22-29-60-59-28-20-47(37-67(59)72(7,8)68(60)39-49)46-19-26-56-55-24-16-43(33-63(55)70(3,4)64(56)36-46)41-12-11-13-42(30-41)50-31-51(73(75,76)77)40-52(32-50)74(78,79)80/h9-40H,1-8H3. The highest BCUT2D eigenvalue weighted by molar-refractivity contribution is 5.91. The molecule has 0 aromatic heterocycles. The predicted octanol–water partition coefficient (Wildman–Crippen LogP) is 21.3. The van der Waals surface area contributed by atoms with Gasteiger partial charge in [0, 0.05) is 21.7 Å². The predicted molar refractivity (Wildman–Crippen MR) is 314 cm³/mol. The first-order valence-electron chi connectivity index (χ1n) is 27.4. The van der Waals surface area contributed by atoms with E-state index < -0.39 is 28.9 Å². The van der Waals surface area contributed by atoms with Crippen molar-refractivity contribution in [2.75, 3.05) is 0 Å². The molecule has 394 valence electrons. The maximum Gasteiger partial charge on any atom is 0.416 e. The summed E-state index contributed by atoms with van der Waals surface area (Å²) in [6.07, 6.45) is -9.88. The van der Waals surface area contributed by atoms with Crippen LogP contribution in [0.5, 0.6) is 0 Å². The van der Waals surface area contributed by atoms with Gasteiger partial charge in [-0.05, 0) is 211 Å². The van der Waals surface area contributed by atoms with Gasteiger partial charge in [-0.1, -0.05) is 183 Å². The molecule has 0 spiro atoms. The van der Waals surface area contributed by atoms with E-state index in [1.54, 1.807) is 18.2 Å². The maximum atomic E-state index is 13.8. The number of rotatable bonds is 5. The largest absolute Gasteiger partial charge is 0.416 e. The molecule has 0 bridgehead atoms. The van der Waals surface area contributed by atoms with Gasteiger partial charge in [0.25, 0.3) is 0 Å². The van der Waals surface area contributed by atoms with Crippen molar-refractivity contribution in [1.29, 1.82) is 0 Å². The Labute approximate surface area is 463 Å². The molecule has 0 heterocycles. The Hall–Kier alpha value is -8.22. The van der Waals surface area contributed by atoms with Gasteiger partial charge in [-0.25, -0.2) is 0 Å². The number of fused-ring (bicyclic) bond motifs is 12. The molecule has 10 aromatic rings. The van der Waals surface area contributed by atoms with Crippen LogP contribution in [0.4, 0.5) is 26.3 Å². The average Bonchev–Trinajstić information content (AvgIpc) is 4.14. The summed E-state index contributed by atoms with van der Waals surface area (Å²) in [6, 6.07) is 65.1. The summed E-state index contributed by atoms with van der Waals surface area (Å²) in [5.41, 5.74) is 25.5. The van der Waals surface area contributed by atoms with Gasteiger partial charge in [0.05, 0.1) is 11.1 Å². The van der Waals surface area contributed by atoms with Crippen molar-refractivity contribution >= 4 is 0 Å². The zero-order chi connectivity index (χ0) is 55.8. The minimum Gasteiger partial charge on any atom is -0.166 e. The topological polar surface area (TPSA) is 0 Å². The summed E-state index contributed by atoms with van der Waals surface area (Å²) in [7, 11) is 0. The Morgan fingerprint density at radius 2 is 0.450 bits per heavy atom. The number of hydrogen-bond donors (Lipinski definition) is 0. The molecule has 0 fully saturated rings. The number of hydrogen-bond acceptors (Lipinski definition) is 0. The summed E-state index contributed by atoms with van der Waals surface area (Å²) in [5.74, 6) is 0. The lowest BCUT2D eigenvalue weighted by atomic mass is 9.79. The molecule has 0 amide bonds. The molecule has 0 aliphatic heterocycles. The Bertz CT molecular complexity index is 4290. The molecule has 0 atom stereocenters. The van der Waals surface area contributed by atoms with Gasteiger partial charge >= 0.3 is 12.4 Å². The SMILES string of the molecule is CC1(C)c2ccccc2-c2ccc(-c3ccc4c(c3)C(C)(C)c3cc(-c5ccc6c(c5)C(C)(C)c5cc(-c7ccc8c(c7)C(C)(C)c7cc(-c9cccc(-c%10cc(C(F)(F)F)cc(C(F)(F)F)c%10)c9)ccc7-8)ccc5-6)ccc3-4)cc21. The summed E-state index contributed by atoms with van der Waals surface area (Å²) in [5, 5.41) is 0. The molecule has 0 N–H and O–H groups in total. The first kappa shape index (κ1) is 50.0. The number of benzene rings is 10. The molecule has 0 saturated carbocycles. The second kappa shape index (κ2) is 16.7. The zero-order valence-corrected chi connectivity index (χ0v) is 45.7. The highest BCUT2D eigenvalue weighted by Gasteiger charge is 2.42. The van der Waals surface area contributed by atoms with Crippen molar-refractivity contribution in [2.24, 2.45) is 0 Å². The summed E-state index contributed by atoms with van der Waals surface area (Å²) >= 11 is 0. The van der Waals surface area contributed by atoms with E-state index in [2.05, 4.69) is 201 Å². The van der Waals surface area contributed by atoms with Gasteiger partial charge in [0.15, 0.2) is 0 Å². The van der Waals surface area contributed by atoms with Crippen molar-refractivity contribution < 1.29 is 26.3 Å². The Balaban J connectivity index is 0.732. The van der Waals surface area contributed by atoms with Crippen molar-refractivity contribution in [3.63, 3.8) is 0 Å². The fourth-order valence-corrected chi connectivity index (χ4v) is 14.2. The first-order valence-corrected chi connectivity index (χ1v) is 27.4. The van der Waals surface area contributed by atoms with Gasteiger partial charge < -0.3 is 0 Å². The van der Waals surface area contributed by atoms with Crippen LogP contribution in [0, 0.1) is 0 Å². The van der Waals surface area contributed by atoms with E-state index in [4.69, 9.17) is 0 Å². The van der Waals surface area contributed by atoms with E-state index in [1.807, 2.05) is 12.1 Å². The fourth-order valence-electron chi connectivity index (χ4n) is 14.2. The Morgan fingerprint density at radius 3 is 0.738 bits per heavy atom. The highest BCUT2D eigenvalue weighted by atomic mass is 19.4. The Kier molecular flexibility index (Phi) is 10.4. The van der Waals surface area contributed by atoms with Crippen molar-refractivity contribution in [1.82, 2.24) is 0 Å². The van der Waals surface area contributed by atoms with E-state index in [0.717, 1.165) is 45.5 Å². The lowest BCUT2D eigenvalue weighted by Crippen LogP contribution is -2.16. The lowest BCUT2D eigenvalue weighted by molar-refractivity contribution is -0.143. The molecule has 4 aliphatic carbocycles. The zero-order valence-electron chi connectivity index (χ0n) is 45.7. The van der Waals surface area contributed by atoms with Crippen LogP contribution in [0.25, 0.3) is 100 Å². The van der Waals surface area contributed by atoms with Gasteiger partial charge in [0.1, 0.15) is 0 Å². The van der Waals surface area contributed by atoms with Crippen molar-refractivity contribution in [3.05, 3.63) is 250 Å². The van der Waals surface area contributed by atoms with E-state index >= 15 is 0 Å². The van der Waals surface area contributed by atoms with Crippen LogP contribution >= 0.6 is 0 Å². The molecule has 80 heavy (non-hydrogen) atoms. The normalized spacial score (nSPS) is 16.0. The van der Waals surface area contributed by atoms with Crippen molar-refractivity contribution in [3.8, 4) is 100 Å². The van der Waals surface area contributed by atoms with Crippen LogP contribution in [0.15, 0.2) is 194 Å². The minimum atomic E-state index is -4.94. The van der Waals surface area contributed by atoms with Crippen LogP contribution in [0.3, 0.4) is 0 Å². The minimum absolute atomic E-state index is 0.0621. The smallest absolute Gasteiger partial charge is 0.166 e. The van der Waals surface area contributed by atoms with E-state index in [9.17, 15) is 26.3 Å². The second-order valence-corrected chi connectivity index (χ2v) is 24.7. The third kappa shape index (κ3) is 7.36. The number of alkyl halides is 6. The second-order valence-electron chi connectivity index (χ2n) is 24.7. The van der Waals surface area contributed by atoms with Crippen LogP contribution in [-0.4, -0.2) is 0 Å². The van der Waals surface area contributed by atoms with Crippen LogP contribution in [0.2, 0.25) is 0 Å². The summed E-state index contributed by atoms with van der Waals surface area (Å²) in [4.78, 5) is 0. The molecule has 6 heteroatoms. The molecular formula is C74H56F6. The maximum absolute atomic E-state index is 13.8. The third-order valence-electron chi connectivity index (χ3n) is 18.7. The average molecular weight is 1060 g/mol. The van der Waals surface area contributed by atoms with E-state index in [0.29, 0.717) is 5.56 Å². The van der Waals surface area contributed by atoms with Crippen LogP contribution in [0.1, 0.15) is 111 Å². The Morgan fingerprint density at radius 1 is 0.212 bits per heavy atom. The molecule has 0 nitrogen and oxygen atoms in total. The lowest BCUT2D eigenvalue weighted by Gasteiger charge is -2.24. The molecule has 10 aromatic carbocycles. The van der Waals surface area contributed by atoms with Gasteiger partial charge in [0.2, 0.25) is 0 Å². The summed E-state index contributed by atoms with van der Waals surface area (Å²) < 4.78 is 82.9. The fraction of sp³-hybridized carbons (Fsp3) is 0.189. The molecule has 0 saturated heterocycles. The van der Waals surface area contributed by atoms with Crippen molar-refractivity contribution in [2.45, 2.75) is 89.4 Å². The van der Waals surface area contributed by atoms with Gasteiger partial charge in [-0.2, -0.15) is 26.3 Å². The van der Waals surface area contributed by atoms with Crippen LogP contribution < -0.4 is 0 Å². The van der Waals surface area contributed by atoms with Gasteiger partial charge in [-0.3, -0.25) is 0 Å². The highest BCUT2D eigenvalue weighted by Crippen LogP contribution is 2.56. The van der Waals surface area contributed by atoms with Gasteiger partial charge in [-0.15, -0.1) is 0 Å². The molecule has 0 radical (unpaired) electrons. The molecular weight excluding hydrogens is 1000 g/mol. The molecule has 14 rings (SSSR count). The summed E-state index contributed by atoms with van der Waals surface area (Å²) in [6.45, 7) is 18.5. The van der Waals surface area contributed by atoms with Crippen LogP contribution in [-0.2, 0) is 34.0 Å². The molecule has 0 unspecified atom stereocenters. The van der Waals surface area contributed by atoms with E-state index in [-0.39, 0.29) is 33.4 Å². The number of halogens is 6. The monoisotopic (exact) mass is 1060 g/mol. The van der Waals surface area contributed by atoms with E-state index in [1.165, 1.54) is 94.6 Å². The molecule has 4 aliphatic rings.